The lowest BCUT2D eigenvalue weighted by Gasteiger charge is -2.20. The summed E-state index contributed by atoms with van der Waals surface area (Å²) in [5.74, 6) is 1.15. The highest BCUT2D eigenvalue weighted by Gasteiger charge is 2.29. The predicted molar refractivity (Wildman–Crippen MR) is 122 cm³/mol. The standard InChI is InChI=1S/C26H24N2O4/c29-25(19-10-11-23-24(16-19)32-15-14-31-23)27-22-9-5-4-8-21(22)26(30)28-13-12-20(17-28)18-6-2-1-3-7-18/h1-11,16,20H,12-15,17H2,(H,27,29). The molecule has 1 atom stereocenters. The Morgan fingerprint density at radius 3 is 2.47 bits per heavy atom. The number of carbonyl (C=O) groups is 2. The van der Waals surface area contributed by atoms with Crippen molar-refractivity contribution in [2.75, 3.05) is 31.6 Å². The van der Waals surface area contributed by atoms with Gasteiger partial charge in [-0.2, -0.15) is 0 Å². The summed E-state index contributed by atoms with van der Waals surface area (Å²) in [5, 5.41) is 2.90. The van der Waals surface area contributed by atoms with Crippen LogP contribution >= 0.6 is 0 Å². The Labute approximate surface area is 186 Å². The van der Waals surface area contributed by atoms with E-state index in [1.807, 2.05) is 35.2 Å². The number of likely N-dealkylation sites (tertiary alicyclic amines) is 1. The van der Waals surface area contributed by atoms with E-state index in [0.717, 1.165) is 6.42 Å². The van der Waals surface area contributed by atoms with Crippen LogP contribution in [-0.4, -0.2) is 43.0 Å². The SMILES string of the molecule is O=C(Nc1ccccc1C(=O)N1CCC(c2ccccc2)C1)c1ccc2c(c1)OCCO2. The topological polar surface area (TPSA) is 67.9 Å². The first-order valence-corrected chi connectivity index (χ1v) is 10.8. The van der Waals surface area contributed by atoms with Gasteiger partial charge in [0.1, 0.15) is 13.2 Å². The van der Waals surface area contributed by atoms with Gasteiger partial charge >= 0.3 is 0 Å². The van der Waals surface area contributed by atoms with E-state index in [1.54, 1.807) is 30.3 Å². The Kier molecular flexibility index (Phi) is 5.50. The van der Waals surface area contributed by atoms with E-state index in [0.29, 0.717) is 60.5 Å². The molecule has 2 amide bonds. The lowest BCUT2D eigenvalue weighted by Crippen LogP contribution is -2.29. The first-order valence-electron chi connectivity index (χ1n) is 10.8. The van der Waals surface area contributed by atoms with E-state index in [-0.39, 0.29) is 11.8 Å². The van der Waals surface area contributed by atoms with Crippen LogP contribution in [0.25, 0.3) is 0 Å². The molecule has 1 unspecified atom stereocenters. The highest BCUT2D eigenvalue weighted by molar-refractivity contribution is 6.09. The van der Waals surface area contributed by atoms with Gasteiger partial charge in [-0.15, -0.1) is 0 Å². The second-order valence-corrected chi connectivity index (χ2v) is 8.01. The fraction of sp³-hybridized carbons (Fsp3) is 0.231. The normalized spacial score (nSPS) is 17.1. The smallest absolute Gasteiger partial charge is 0.255 e. The van der Waals surface area contributed by atoms with Crippen LogP contribution in [0, 0.1) is 0 Å². The molecule has 1 fully saturated rings. The van der Waals surface area contributed by atoms with Crippen LogP contribution in [0.4, 0.5) is 5.69 Å². The molecule has 2 heterocycles. The molecule has 6 heteroatoms. The van der Waals surface area contributed by atoms with Crippen molar-refractivity contribution in [2.45, 2.75) is 12.3 Å². The summed E-state index contributed by atoms with van der Waals surface area (Å²) >= 11 is 0. The summed E-state index contributed by atoms with van der Waals surface area (Å²) in [7, 11) is 0. The van der Waals surface area contributed by atoms with Crippen molar-refractivity contribution in [3.05, 3.63) is 89.5 Å². The number of carbonyl (C=O) groups excluding carboxylic acids is 2. The van der Waals surface area contributed by atoms with Crippen molar-refractivity contribution in [1.29, 1.82) is 0 Å². The zero-order valence-electron chi connectivity index (χ0n) is 17.6. The monoisotopic (exact) mass is 428 g/mol. The summed E-state index contributed by atoms with van der Waals surface area (Å²) in [6.45, 7) is 2.32. The molecule has 1 saturated heterocycles. The maximum Gasteiger partial charge on any atom is 0.255 e. The van der Waals surface area contributed by atoms with Crippen LogP contribution in [-0.2, 0) is 0 Å². The number of hydrogen-bond donors (Lipinski definition) is 1. The maximum atomic E-state index is 13.3. The van der Waals surface area contributed by atoms with Crippen molar-refractivity contribution in [3.63, 3.8) is 0 Å². The molecule has 162 valence electrons. The van der Waals surface area contributed by atoms with Crippen LogP contribution < -0.4 is 14.8 Å². The minimum Gasteiger partial charge on any atom is -0.486 e. The summed E-state index contributed by atoms with van der Waals surface area (Å²) < 4.78 is 11.1. The molecule has 0 radical (unpaired) electrons. The first-order chi connectivity index (χ1) is 15.7. The van der Waals surface area contributed by atoms with Crippen molar-refractivity contribution < 1.29 is 19.1 Å². The number of ether oxygens (including phenoxy) is 2. The van der Waals surface area contributed by atoms with Gasteiger partial charge < -0.3 is 19.7 Å². The highest BCUT2D eigenvalue weighted by atomic mass is 16.6. The Balaban J connectivity index is 1.32. The lowest BCUT2D eigenvalue weighted by molar-refractivity contribution is 0.0792. The number of anilines is 1. The van der Waals surface area contributed by atoms with Crippen LogP contribution in [0.2, 0.25) is 0 Å². The van der Waals surface area contributed by atoms with Crippen LogP contribution in [0.5, 0.6) is 11.5 Å². The molecule has 2 aliphatic heterocycles. The van der Waals surface area contributed by atoms with Gasteiger partial charge in [0.2, 0.25) is 0 Å². The molecule has 0 aliphatic carbocycles. The van der Waals surface area contributed by atoms with Crippen LogP contribution in [0.15, 0.2) is 72.8 Å². The predicted octanol–water partition coefficient (Wildman–Crippen LogP) is 4.34. The fourth-order valence-corrected chi connectivity index (χ4v) is 4.27. The van der Waals surface area contributed by atoms with Crippen molar-refractivity contribution in [1.82, 2.24) is 4.90 Å². The highest BCUT2D eigenvalue weighted by Crippen LogP contribution is 2.32. The second-order valence-electron chi connectivity index (χ2n) is 8.01. The van der Waals surface area contributed by atoms with Gasteiger partial charge in [-0.05, 0) is 42.3 Å². The molecule has 5 rings (SSSR count). The molecule has 6 nitrogen and oxygen atoms in total. The maximum absolute atomic E-state index is 13.3. The Hall–Kier alpha value is -3.80. The second kappa shape index (κ2) is 8.75. The molecular formula is C26H24N2O4. The molecular weight excluding hydrogens is 404 g/mol. The molecule has 0 saturated carbocycles. The Morgan fingerprint density at radius 2 is 1.62 bits per heavy atom. The number of rotatable bonds is 4. The average Bonchev–Trinajstić information content (AvgIpc) is 3.35. The third-order valence-electron chi connectivity index (χ3n) is 5.96. The van der Waals surface area contributed by atoms with E-state index in [9.17, 15) is 9.59 Å². The van der Waals surface area contributed by atoms with Gasteiger partial charge in [-0.3, -0.25) is 9.59 Å². The third-order valence-corrected chi connectivity index (χ3v) is 5.96. The van der Waals surface area contributed by atoms with Crippen molar-refractivity contribution >= 4 is 17.5 Å². The van der Waals surface area contributed by atoms with Gasteiger partial charge in [0, 0.05) is 24.6 Å². The zero-order chi connectivity index (χ0) is 21.9. The molecule has 32 heavy (non-hydrogen) atoms. The van der Waals surface area contributed by atoms with Crippen LogP contribution in [0.1, 0.15) is 38.6 Å². The minimum atomic E-state index is -0.300. The average molecular weight is 428 g/mol. The van der Waals surface area contributed by atoms with E-state index in [2.05, 4.69) is 17.4 Å². The van der Waals surface area contributed by atoms with Crippen molar-refractivity contribution in [2.24, 2.45) is 0 Å². The summed E-state index contributed by atoms with van der Waals surface area (Å²) in [4.78, 5) is 28.1. The minimum absolute atomic E-state index is 0.0681. The van der Waals surface area contributed by atoms with Gasteiger partial charge in [-0.1, -0.05) is 42.5 Å². The number of amides is 2. The quantitative estimate of drug-likeness (QED) is 0.671. The third kappa shape index (κ3) is 4.04. The fourth-order valence-electron chi connectivity index (χ4n) is 4.27. The number of nitrogens with one attached hydrogen (secondary N) is 1. The molecule has 0 aromatic heterocycles. The largest absolute Gasteiger partial charge is 0.486 e. The molecule has 3 aromatic rings. The van der Waals surface area contributed by atoms with Gasteiger partial charge in [0.25, 0.3) is 11.8 Å². The van der Waals surface area contributed by atoms with E-state index in [4.69, 9.17) is 9.47 Å². The molecule has 3 aromatic carbocycles. The van der Waals surface area contributed by atoms with E-state index >= 15 is 0 Å². The van der Waals surface area contributed by atoms with Gasteiger partial charge in [-0.25, -0.2) is 0 Å². The molecule has 2 aliphatic rings. The lowest BCUT2D eigenvalue weighted by atomic mass is 9.99. The number of fused-ring (bicyclic) bond motifs is 1. The number of nitrogens with zero attached hydrogens (tertiary/aromatic N) is 1. The summed E-state index contributed by atoms with van der Waals surface area (Å²) in [6, 6.07) is 22.5. The van der Waals surface area contributed by atoms with E-state index < -0.39 is 0 Å². The first kappa shape index (κ1) is 20.1. The Morgan fingerprint density at radius 1 is 0.875 bits per heavy atom. The zero-order valence-corrected chi connectivity index (χ0v) is 17.6. The molecule has 0 bridgehead atoms. The Bertz CT molecular complexity index is 1150. The summed E-state index contributed by atoms with van der Waals surface area (Å²) in [5.41, 5.74) is 2.69. The van der Waals surface area contributed by atoms with Crippen molar-refractivity contribution in [3.8, 4) is 11.5 Å². The molecule has 0 spiro atoms. The molecule has 1 N–H and O–H groups in total. The van der Waals surface area contributed by atoms with Gasteiger partial charge in [0.15, 0.2) is 11.5 Å². The van der Waals surface area contributed by atoms with Crippen LogP contribution in [0.3, 0.4) is 0 Å². The van der Waals surface area contributed by atoms with E-state index in [1.165, 1.54) is 5.56 Å². The number of hydrogen-bond acceptors (Lipinski definition) is 4. The number of benzene rings is 3. The summed E-state index contributed by atoms with van der Waals surface area (Å²) in [6.07, 6.45) is 0.932. The van der Waals surface area contributed by atoms with Gasteiger partial charge in [0.05, 0.1) is 11.3 Å². The number of para-hydroxylation sites is 1.